The van der Waals surface area contributed by atoms with Crippen LogP contribution in [0.2, 0.25) is 0 Å². The fourth-order valence-electron chi connectivity index (χ4n) is 3.33. The number of hydrogen-bond donors (Lipinski definition) is 0. The highest BCUT2D eigenvalue weighted by molar-refractivity contribution is 5.92. The van der Waals surface area contributed by atoms with E-state index < -0.39 is 0 Å². The van der Waals surface area contributed by atoms with Gasteiger partial charge < -0.3 is 4.90 Å². The first-order chi connectivity index (χ1) is 13.1. The van der Waals surface area contributed by atoms with Crippen molar-refractivity contribution in [2.45, 2.75) is 32.7 Å². The van der Waals surface area contributed by atoms with Gasteiger partial charge in [0.05, 0.1) is 10.6 Å². The lowest BCUT2D eigenvalue weighted by atomic mass is 9.92. The Morgan fingerprint density at radius 2 is 1.86 bits per heavy atom. The zero-order valence-electron chi connectivity index (χ0n) is 16.9. The van der Waals surface area contributed by atoms with Gasteiger partial charge in [-0.05, 0) is 11.6 Å². The molecule has 1 aliphatic heterocycles. The zero-order chi connectivity index (χ0) is 20.5. The van der Waals surface area contributed by atoms with Gasteiger partial charge in [-0.2, -0.15) is 5.10 Å². The van der Waals surface area contributed by atoms with Gasteiger partial charge in [-0.1, -0.05) is 32.9 Å². The van der Waals surface area contributed by atoms with Crippen molar-refractivity contribution in [1.82, 2.24) is 19.6 Å². The van der Waals surface area contributed by atoms with E-state index in [1.165, 1.54) is 6.07 Å². The number of carbonyl (C=O) groups excluding carboxylic acids is 1. The molecule has 0 unspecified atom stereocenters. The van der Waals surface area contributed by atoms with Crippen LogP contribution in [0.3, 0.4) is 0 Å². The van der Waals surface area contributed by atoms with E-state index in [9.17, 15) is 14.9 Å². The van der Waals surface area contributed by atoms with Gasteiger partial charge in [0.25, 0.3) is 11.6 Å². The lowest BCUT2D eigenvalue weighted by Crippen LogP contribution is -2.48. The Morgan fingerprint density at radius 3 is 2.43 bits per heavy atom. The molecule has 0 spiro atoms. The summed E-state index contributed by atoms with van der Waals surface area (Å²) >= 11 is 0. The lowest BCUT2D eigenvalue weighted by Gasteiger charge is -2.34. The lowest BCUT2D eigenvalue weighted by molar-refractivity contribution is -0.384. The number of aryl methyl sites for hydroxylation is 1. The fourth-order valence-corrected chi connectivity index (χ4v) is 3.33. The normalized spacial score (nSPS) is 15.6. The van der Waals surface area contributed by atoms with Crippen molar-refractivity contribution in [3.05, 3.63) is 57.4 Å². The number of benzene rings is 1. The van der Waals surface area contributed by atoms with E-state index in [0.29, 0.717) is 25.3 Å². The number of carbonyl (C=O) groups is 1. The Labute approximate surface area is 164 Å². The maximum absolute atomic E-state index is 12.9. The van der Waals surface area contributed by atoms with Crippen LogP contribution in [0.1, 0.15) is 42.5 Å². The van der Waals surface area contributed by atoms with Crippen molar-refractivity contribution >= 4 is 11.6 Å². The number of rotatable bonds is 4. The summed E-state index contributed by atoms with van der Waals surface area (Å²) in [5.41, 5.74) is 2.43. The molecule has 0 N–H and O–H groups in total. The Kier molecular flexibility index (Phi) is 5.51. The number of aromatic nitrogens is 2. The van der Waals surface area contributed by atoms with E-state index in [1.807, 2.05) is 17.0 Å². The van der Waals surface area contributed by atoms with Gasteiger partial charge in [-0.3, -0.25) is 24.5 Å². The van der Waals surface area contributed by atoms with Gasteiger partial charge in [-0.15, -0.1) is 0 Å². The molecule has 0 saturated carbocycles. The van der Waals surface area contributed by atoms with Crippen molar-refractivity contribution in [3.63, 3.8) is 0 Å². The number of nitrogens with zero attached hydrogens (tertiary/aromatic N) is 5. The smallest absolute Gasteiger partial charge is 0.272 e. The third-order valence-corrected chi connectivity index (χ3v) is 5.05. The number of nitro groups is 1. The Hall–Kier alpha value is -2.74. The first-order valence-corrected chi connectivity index (χ1v) is 9.44. The summed E-state index contributed by atoms with van der Waals surface area (Å²) in [5, 5.41) is 15.4. The highest BCUT2D eigenvalue weighted by Crippen LogP contribution is 2.22. The number of hydrogen-bond acceptors (Lipinski definition) is 5. The molecule has 8 heteroatoms. The summed E-state index contributed by atoms with van der Waals surface area (Å²) in [5.74, 6) is 0.000462. The minimum absolute atomic E-state index is 0.000462. The molecule has 8 nitrogen and oxygen atoms in total. The summed E-state index contributed by atoms with van der Waals surface area (Å²) in [7, 11) is 1.81. The zero-order valence-corrected chi connectivity index (χ0v) is 16.9. The van der Waals surface area contributed by atoms with Crippen LogP contribution in [0.25, 0.3) is 0 Å². The van der Waals surface area contributed by atoms with E-state index >= 15 is 0 Å². The first-order valence-electron chi connectivity index (χ1n) is 9.44. The molecule has 3 rings (SSSR count). The molecule has 2 aromatic rings. The summed E-state index contributed by atoms with van der Waals surface area (Å²) < 4.78 is 1.67. The molecule has 0 bridgehead atoms. The SMILES string of the molecule is Cn1nc(C(C)(C)C)cc1C(=O)N1CCN(Cc2cccc([N+](=O)[O-])c2)CC1. The van der Waals surface area contributed by atoms with Crippen LogP contribution in [0.15, 0.2) is 30.3 Å². The third kappa shape index (κ3) is 4.39. The topological polar surface area (TPSA) is 84.5 Å². The molecule has 28 heavy (non-hydrogen) atoms. The van der Waals surface area contributed by atoms with E-state index in [2.05, 4.69) is 30.8 Å². The van der Waals surface area contributed by atoms with Crippen molar-refractivity contribution in [2.75, 3.05) is 26.2 Å². The van der Waals surface area contributed by atoms with Gasteiger partial charge in [0, 0.05) is 57.3 Å². The quantitative estimate of drug-likeness (QED) is 0.597. The van der Waals surface area contributed by atoms with E-state index in [-0.39, 0.29) is 21.9 Å². The second kappa shape index (κ2) is 7.71. The number of nitro benzene ring substituents is 1. The largest absolute Gasteiger partial charge is 0.335 e. The van der Waals surface area contributed by atoms with Crippen molar-refractivity contribution < 1.29 is 9.72 Å². The average Bonchev–Trinajstić information content (AvgIpc) is 3.04. The molecule has 0 radical (unpaired) electrons. The van der Waals surface area contributed by atoms with Crippen LogP contribution in [0, 0.1) is 10.1 Å². The van der Waals surface area contributed by atoms with Gasteiger partial charge in [-0.25, -0.2) is 0 Å². The maximum atomic E-state index is 12.9. The Bertz CT molecular complexity index is 876. The predicted molar refractivity (Wildman–Crippen MR) is 106 cm³/mol. The number of amides is 1. The molecular weight excluding hydrogens is 358 g/mol. The van der Waals surface area contributed by atoms with Gasteiger partial charge in [0.15, 0.2) is 0 Å². The van der Waals surface area contributed by atoms with E-state index in [4.69, 9.17) is 0 Å². The molecule has 1 aliphatic rings. The molecule has 150 valence electrons. The second-order valence-electron chi connectivity index (χ2n) is 8.28. The Morgan fingerprint density at radius 1 is 1.18 bits per heavy atom. The van der Waals surface area contributed by atoms with Crippen LogP contribution < -0.4 is 0 Å². The average molecular weight is 385 g/mol. The number of piperazine rings is 1. The van der Waals surface area contributed by atoms with E-state index in [1.54, 1.807) is 23.9 Å². The standard InChI is InChI=1S/C20H27N5O3/c1-20(2,3)18-13-17(22(4)21-18)19(26)24-10-8-23(9-11-24)14-15-6-5-7-16(12-15)25(27)28/h5-7,12-13H,8-11,14H2,1-4H3. The van der Waals surface area contributed by atoms with Crippen LogP contribution in [0.5, 0.6) is 0 Å². The molecule has 1 aromatic carbocycles. The first kappa shape index (κ1) is 20.0. The van der Waals surface area contributed by atoms with E-state index in [0.717, 1.165) is 24.3 Å². The van der Waals surface area contributed by atoms with Crippen LogP contribution in [0.4, 0.5) is 5.69 Å². The summed E-state index contributed by atoms with van der Waals surface area (Å²) in [6.45, 7) is 9.61. The molecular formula is C20H27N5O3. The highest BCUT2D eigenvalue weighted by Gasteiger charge is 2.27. The Balaban J connectivity index is 1.61. The van der Waals surface area contributed by atoms with Crippen LogP contribution >= 0.6 is 0 Å². The predicted octanol–water partition coefficient (Wildman–Crippen LogP) is 2.58. The maximum Gasteiger partial charge on any atom is 0.272 e. The van der Waals surface area contributed by atoms with Gasteiger partial charge in [0.1, 0.15) is 5.69 Å². The fraction of sp³-hybridized carbons (Fsp3) is 0.500. The monoisotopic (exact) mass is 385 g/mol. The van der Waals surface area contributed by atoms with Crippen molar-refractivity contribution in [2.24, 2.45) is 7.05 Å². The molecule has 1 saturated heterocycles. The molecule has 0 atom stereocenters. The molecule has 1 fully saturated rings. The molecule has 1 aromatic heterocycles. The van der Waals surface area contributed by atoms with Crippen LogP contribution in [-0.4, -0.2) is 56.6 Å². The molecule has 2 heterocycles. The summed E-state index contributed by atoms with van der Waals surface area (Å²) in [6.07, 6.45) is 0. The van der Waals surface area contributed by atoms with Crippen molar-refractivity contribution in [1.29, 1.82) is 0 Å². The second-order valence-corrected chi connectivity index (χ2v) is 8.28. The minimum Gasteiger partial charge on any atom is -0.335 e. The van der Waals surface area contributed by atoms with Crippen molar-refractivity contribution in [3.8, 4) is 0 Å². The molecule has 1 amide bonds. The van der Waals surface area contributed by atoms with Crippen LogP contribution in [-0.2, 0) is 19.0 Å². The van der Waals surface area contributed by atoms with Gasteiger partial charge >= 0.3 is 0 Å². The molecule has 0 aliphatic carbocycles. The highest BCUT2D eigenvalue weighted by atomic mass is 16.6. The number of non-ortho nitro benzene ring substituents is 1. The summed E-state index contributed by atoms with van der Waals surface area (Å²) in [6, 6.07) is 8.61. The van der Waals surface area contributed by atoms with Gasteiger partial charge in [0.2, 0.25) is 0 Å². The summed E-state index contributed by atoms with van der Waals surface area (Å²) in [4.78, 5) is 27.5. The third-order valence-electron chi connectivity index (χ3n) is 5.05. The minimum atomic E-state index is -0.375.